The molecule has 0 aliphatic heterocycles. The Bertz CT molecular complexity index is 420. The van der Waals surface area contributed by atoms with Gasteiger partial charge in [0.05, 0.1) is 6.54 Å². The van der Waals surface area contributed by atoms with Gasteiger partial charge in [0.1, 0.15) is 0 Å². The molecule has 0 aliphatic rings. The predicted octanol–water partition coefficient (Wildman–Crippen LogP) is 1.38. The monoisotopic (exact) mass is 263 g/mol. The van der Waals surface area contributed by atoms with Gasteiger partial charge in [-0.3, -0.25) is 4.79 Å². The van der Waals surface area contributed by atoms with Crippen LogP contribution in [0.15, 0.2) is 12.1 Å². The van der Waals surface area contributed by atoms with Crippen LogP contribution in [0.2, 0.25) is 0 Å². The molecule has 1 amide bonds. The fraction of sp³-hybridized carbons (Fsp3) is 0.533. The number of carbonyl (C=O) groups is 1. The molecular weight excluding hydrogens is 238 g/mol. The Balaban J connectivity index is 2.59. The van der Waals surface area contributed by atoms with Crippen molar-refractivity contribution in [2.24, 2.45) is 0 Å². The summed E-state index contributed by atoms with van der Waals surface area (Å²) in [5.41, 5.74) is 5.10. The van der Waals surface area contributed by atoms with Crippen LogP contribution in [0, 0.1) is 20.8 Å². The minimum absolute atomic E-state index is 0.0354. The van der Waals surface area contributed by atoms with Crippen molar-refractivity contribution in [1.29, 1.82) is 0 Å². The van der Waals surface area contributed by atoms with Gasteiger partial charge in [0, 0.05) is 25.8 Å². The minimum Gasteiger partial charge on any atom is -0.372 e. The van der Waals surface area contributed by atoms with Crippen LogP contribution in [0.4, 0.5) is 5.69 Å². The Morgan fingerprint density at radius 2 is 1.79 bits per heavy atom. The van der Waals surface area contributed by atoms with Gasteiger partial charge in [-0.15, -0.1) is 0 Å². The summed E-state index contributed by atoms with van der Waals surface area (Å²) in [6, 6.07) is 4.39. The van der Waals surface area contributed by atoms with Crippen LogP contribution in [0.3, 0.4) is 0 Å². The first-order chi connectivity index (χ1) is 8.95. The van der Waals surface area contributed by atoms with Crippen molar-refractivity contribution in [3.05, 3.63) is 28.8 Å². The molecule has 4 nitrogen and oxygen atoms in total. The van der Waals surface area contributed by atoms with Gasteiger partial charge in [-0.25, -0.2) is 0 Å². The summed E-state index contributed by atoms with van der Waals surface area (Å²) in [5.74, 6) is 0.0354. The van der Waals surface area contributed by atoms with E-state index in [4.69, 9.17) is 0 Å². The number of hydrogen-bond donors (Lipinski definition) is 2. The summed E-state index contributed by atoms with van der Waals surface area (Å²) in [6.07, 6.45) is 0. The topological polar surface area (TPSA) is 44.4 Å². The Morgan fingerprint density at radius 1 is 1.21 bits per heavy atom. The van der Waals surface area contributed by atoms with Gasteiger partial charge < -0.3 is 15.5 Å². The van der Waals surface area contributed by atoms with Crippen LogP contribution >= 0.6 is 0 Å². The summed E-state index contributed by atoms with van der Waals surface area (Å²) in [5, 5.41) is 5.73. The lowest BCUT2D eigenvalue weighted by atomic mass is 10.0. The van der Waals surface area contributed by atoms with Crippen molar-refractivity contribution in [3.8, 4) is 0 Å². The van der Waals surface area contributed by atoms with Crippen molar-refractivity contribution in [1.82, 2.24) is 10.6 Å². The fourth-order valence-electron chi connectivity index (χ4n) is 2.47. The minimum atomic E-state index is 0.0354. The fourth-order valence-corrected chi connectivity index (χ4v) is 2.47. The zero-order chi connectivity index (χ0) is 14.4. The van der Waals surface area contributed by atoms with E-state index in [1.807, 2.05) is 0 Å². The highest BCUT2D eigenvalue weighted by Gasteiger charge is 2.09. The molecule has 0 bridgehead atoms. The third-order valence-corrected chi connectivity index (χ3v) is 3.12. The number of carbonyl (C=O) groups excluding carboxylic acids is 1. The second kappa shape index (κ2) is 7.14. The molecule has 0 atom stereocenters. The van der Waals surface area contributed by atoms with Crippen LogP contribution in [0.1, 0.15) is 16.7 Å². The van der Waals surface area contributed by atoms with Crippen LogP contribution in [-0.4, -0.2) is 39.6 Å². The van der Waals surface area contributed by atoms with Gasteiger partial charge >= 0.3 is 0 Å². The van der Waals surface area contributed by atoms with E-state index in [2.05, 4.69) is 55.5 Å². The number of aryl methyl sites for hydroxylation is 3. The lowest BCUT2D eigenvalue weighted by Crippen LogP contribution is -2.37. The number of rotatable bonds is 6. The summed E-state index contributed by atoms with van der Waals surface area (Å²) in [4.78, 5) is 13.5. The number of nitrogens with zero attached hydrogens (tertiary/aromatic N) is 1. The molecule has 1 aromatic carbocycles. The first-order valence-corrected chi connectivity index (χ1v) is 6.66. The Kier molecular flexibility index (Phi) is 5.83. The molecule has 0 saturated carbocycles. The SMILES string of the molecule is CNCC(=O)NCCN(C)c1c(C)cc(C)cc1C. The van der Waals surface area contributed by atoms with E-state index in [0.29, 0.717) is 13.1 Å². The van der Waals surface area contributed by atoms with E-state index in [-0.39, 0.29) is 5.91 Å². The number of amides is 1. The summed E-state index contributed by atoms with van der Waals surface area (Å²) < 4.78 is 0. The normalized spacial score (nSPS) is 10.4. The maximum atomic E-state index is 11.3. The zero-order valence-electron chi connectivity index (χ0n) is 12.6. The van der Waals surface area contributed by atoms with E-state index < -0.39 is 0 Å². The molecular formula is C15H25N3O. The predicted molar refractivity (Wildman–Crippen MR) is 80.9 cm³/mol. The Hall–Kier alpha value is -1.55. The second-order valence-corrected chi connectivity index (χ2v) is 5.05. The molecule has 19 heavy (non-hydrogen) atoms. The average molecular weight is 263 g/mol. The van der Waals surface area contributed by atoms with Gasteiger partial charge in [0.2, 0.25) is 5.91 Å². The van der Waals surface area contributed by atoms with E-state index in [0.717, 1.165) is 6.54 Å². The van der Waals surface area contributed by atoms with E-state index in [1.165, 1.54) is 22.4 Å². The molecule has 4 heteroatoms. The van der Waals surface area contributed by atoms with Crippen LogP contribution in [-0.2, 0) is 4.79 Å². The third kappa shape index (κ3) is 4.56. The maximum absolute atomic E-state index is 11.3. The molecule has 0 aliphatic carbocycles. The average Bonchev–Trinajstić information content (AvgIpc) is 2.27. The first-order valence-electron chi connectivity index (χ1n) is 6.66. The molecule has 0 saturated heterocycles. The van der Waals surface area contributed by atoms with E-state index in [9.17, 15) is 4.79 Å². The van der Waals surface area contributed by atoms with Gasteiger partial charge in [0.25, 0.3) is 0 Å². The van der Waals surface area contributed by atoms with Gasteiger partial charge in [-0.05, 0) is 38.9 Å². The molecule has 1 rings (SSSR count). The highest BCUT2D eigenvalue weighted by atomic mass is 16.1. The standard InChI is InChI=1S/C15H25N3O/c1-11-8-12(2)15(13(3)9-11)18(5)7-6-17-14(19)10-16-4/h8-9,16H,6-7,10H2,1-5H3,(H,17,19). The molecule has 0 fully saturated rings. The van der Waals surface area contributed by atoms with Gasteiger partial charge in [-0.1, -0.05) is 17.7 Å². The first kappa shape index (κ1) is 15.5. The number of anilines is 1. The van der Waals surface area contributed by atoms with Crippen LogP contribution in [0.25, 0.3) is 0 Å². The molecule has 106 valence electrons. The summed E-state index contributed by atoms with van der Waals surface area (Å²) >= 11 is 0. The van der Waals surface area contributed by atoms with Crippen molar-refractivity contribution >= 4 is 11.6 Å². The van der Waals surface area contributed by atoms with Crippen molar-refractivity contribution in [2.45, 2.75) is 20.8 Å². The van der Waals surface area contributed by atoms with Crippen molar-refractivity contribution < 1.29 is 4.79 Å². The van der Waals surface area contributed by atoms with Gasteiger partial charge in [0.15, 0.2) is 0 Å². The summed E-state index contributed by atoms with van der Waals surface area (Å²) in [7, 11) is 3.83. The summed E-state index contributed by atoms with van der Waals surface area (Å²) in [6.45, 7) is 8.20. The smallest absolute Gasteiger partial charge is 0.234 e. The second-order valence-electron chi connectivity index (χ2n) is 5.05. The maximum Gasteiger partial charge on any atom is 0.234 e. The third-order valence-electron chi connectivity index (χ3n) is 3.12. The van der Waals surface area contributed by atoms with Crippen LogP contribution in [0.5, 0.6) is 0 Å². The van der Waals surface area contributed by atoms with Crippen LogP contribution < -0.4 is 15.5 Å². The molecule has 2 N–H and O–H groups in total. The molecule has 0 aromatic heterocycles. The highest BCUT2D eigenvalue weighted by molar-refractivity contribution is 5.78. The number of likely N-dealkylation sites (N-methyl/N-ethyl adjacent to an activating group) is 2. The number of benzene rings is 1. The van der Waals surface area contributed by atoms with E-state index in [1.54, 1.807) is 7.05 Å². The van der Waals surface area contributed by atoms with E-state index >= 15 is 0 Å². The number of nitrogens with one attached hydrogen (secondary N) is 2. The lowest BCUT2D eigenvalue weighted by molar-refractivity contribution is -0.120. The molecule has 1 aromatic rings. The molecule has 0 heterocycles. The quantitative estimate of drug-likeness (QED) is 0.815. The lowest BCUT2D eigenvalue weighted by Gasteiger charge is -2.24. The largest absolute Gasteiger partial charge is 0.372 e. The van der Waals surface area contributed by atoms with Crippen molar-refractivity contribution in [2.75, 3.05) is 38.6 Å². The molecule has 0 unspecified atom stereocenters. The number of hydrogen-bond acceptors (Lipinski definition) is 3. The molecule has 0 spiro atoms. The highest BCUT2D eigenvalue weighted by Crippen LogP contribution is 2.24. The van der Waals surface area contributed by atoms with Gasteiger partial charge in [-0.2, -0.15) is 0 Å². The Labute approximate surface area is 116 Å². The molecule has 0 radical (unpaired) electrons. The Morgan fingerprint density at radius 3 is 2.32 bits per heavy atom. The zero-order valence-corrected chi connectivity index (χ0v) is 12.6. The van der Waals surface area contributed by atoms with Crippen molar-refractivity contribution in [3.63, 3.8) is 0 Å².